The molecule has 0 aromatic heterocycles. The molecule has 0 aliphatic heterocycles. The number of hydrogen-bond donors (Lipinski definition) is 0. The summed E-state index contributed by atoms with van der Waals surface area (Å²) in [7, 11) is 0. The van der Waals surface area contributed by atoms with Gasteiger partial charge in [0.25, 0.3) is 0 Å². The molecule has 2 aromatic rings. The second-order valence-corrected chi connectivity index (χ2v) is 6.24. The molecule has 0 saturated carbocycles. The average molecular weight is 391 g/mol. The first-order chi connectivity index (χ1) is 12.4. The van der Waals surface area contributed by atoms with Gasteiger partial charge in [0.2, 0.25) is 0 Å². The van der Waals surface area contributed by atoms with Crippen LogP contribution in [-0.4, -0.2) is 12.4 Å². The fraction of sp³-hybridized carbons (Fsp3) is 0.400. The molecule has 0 bridgehead atoms. The summed E-state index contributed by atoms with van der Waals surface area (Å²) in [4.78, 5) is 0. The van der Waals surface area contributed by atoms with Gasteiger partial charge in [0.05, 0.1) is 0 Å². The topological polar surface area (TPSA) is 0 Å². The minimum Gasteiger partial charge on any atom is -0.218 e. The molecule has 27 heavy (non-hydrogen) atoms. The normalized spacial score (nSPS) is 13.1. The lowest BCUT2D eigenvalue weighted by Crippen LogP contribution is -2.50. The third kappa shape index (κ3) is 3.56. The van der Waals surface area contributed by atoms with Crippen LogP contribution < -0.4 is 0 Å². The van der Waals surface area contributed by atoms with Crippen LogP contribution in [0.3, 0.4) is 0 Å². The number of hydrogen-bond acceptors (Lipinski definition) is 0. The number of aryl methyl sites for hydroxylation is 3. The van der Waals surface area contributed by atoms with Crippen molar-refractivity contribution in [1.82, 2.24) is 0 Å². The number of alkyl halides is 7. The maximum absolute atomic E-state index is 15.0. The lowest BCUT2D eigenvalue weighted by molar-refractivity contribution is -0.348. The van der Waals surface area contributed by atoms with E-state index in [0.717, 1.165) is 0 Å². The Balaban J connectivity index is 3.04. The largest absolute Gasteiger partial charge is 0.435 e. The van der Waals surface area contributed by atoms with Gasteiger partial charge >= 0.3 is 18.0 Å². The van der Waals surface area contributed by atoms with E-state index >= 15 is 0 Å². The molecule has 0 nitrogen and oxygen atoms in total. The molecule has 0 fully saturated rings. The maximum Gasteiger partial charge on any atom is 0.435 e. The van der Waals surface area contributed by atoms with Crippen molar-refractivity contribution < 1.29 is 30.7 Å². The highest BCUT2D eigenvalue weighted by molar-refractivity contribution is 5.75. The zero-order valence-electron chi connectivity index (χ0n) is 14.9. The minimum absolute atomic E-state index is 0.0923. The molecular weight excluding hydrogens is 373 g/mol. The van der Waals surface area contributed by atoms with E-state index in [0.29, 0.717) is 11.6 Å². The van der Waals surface area contributed by atoms with Crippen LogP contribution in [0.1, 0.15) is 36.1 Å². The van der Waals surface area contributed by atoms with Gasteiger partial charge in [-0.3, -0.25) is 0 Å². The first-order valence-electron chi connectivity index (χ1n) is 8.35. The minimum atomic E-state index is -6.17. The second kappa shape index (κ2) is 7.17. The predicted molar refractivity (Wildman–Crippen MR) is 89.1 cm³/mol. The van der Waals surface area contributed by atoms with Gasteiger partial charge in [-0.05, 0) is 53.6 Å². The smallest absolute Gasteiger partial charge is 0.218 e. The molecule has 0 amide bonds. The second-order valence-electron chi connectivity index (χ2n) is 6.24. The molecule has 0 atom stereocenters. The van der Waals surface area contributed by atoms with E-state index in [1.54, 1.807) is 32.9 Å². The van der Waals surface area contributed by atoms with Gasteiger partial charge < -0.3 is 0 Å². The summed E-state index contributed by atoms with van der Waals surface area (Å²) in [6.45, 7) is 4.69. The Morgan fingerprint density at radius 1 is 0.852 bits per heavy atom. The fourth-order valence-electron chi connectivity index (χ4n) is 3.06. The van der Waals surface area contributed by atoms with Crippen LogP contribution in [0.25, 0.3) is 11.1 Å². The molecule has 0 unspecified atom stereocenters. The van der Waals surface area contributed by atoms with Crippen LogP contribution in [0.4, 0.5) is 30.7 Å². The van der Waals surface area contributed by atoms with Crippen LogP contribution >= 0.6 is 0 Å². The highest BCUT2D eigenvalue weighted by atomic mass is 19.4. The van der Waals surface area contributed by atoms with E-state index in [1.807, 2.05) is 0 Å². The molecule has 7 heteroatoms. The summed E-state index contributed by atoms with van der Waals surface area (Å²) in [5.41, 5.74) is -6.53. The van der Waals surface area contributed by atoms with Crippen LogP contribution in [0, 0.1) is 13.0 Å². The molecule has 0 N–H and O–H groups in total. The van der Waals surface area contributed by atoms with Gasteiger partial charge in [0.15, 0.2) is 0 Å². The van der Waals surface area contributed by atoms with Gasteiger partial charge in [0.1, 0.15) is 0 Å². The molecule has 147 valence electrons. The van der Waals surface area contributed by atoms with Crippen LogP contribution in [0.2, 0.25) is 0 Å². The van der Waals surface area contributed by atoms with E-state index in [-0.39, 0.29) is 29.5 Å². The first kappa shape index (κ1) is 21.3. The third-order valence-electron chi connectivity index (χ3n) is 4.50. The van der Waals surface area contributed by atoms with E-state index in [2.05, 4.69) is 6.07 Å². The van der Waals surface area contributed by atoms with Crippen molar-refractivity contribution in [3.05, 3.63) is 58.7 Å². The molecule has 0 aliphatic rings. The molecule has 0 spiro atoms. The Morgan fingerprint density at radius 3 is 1.85 bits per heavy atom. The Bertz CT molecular complexity index is 802. The summed E-state index contributed by atoms with van der Waals surface area (Å²) in [5.74, 6) is 0. The van der Waals surface area contributed by atoms with Gasteiger partial charge in [-0.15, -0.1) is 0 Å². The molecule has 0 saturated heterocycles. The van der Waals surface area contributed by atoms with E-state index in [1.165, 1.54) is 12.1 Å². The van der Waals surface area contributed by atoms with Crippen LogP contribution in [0.15, 0.2) is 30.3 Å². The third-order valence-corrected chi connectivity index (χ3v) is 4.50. The average Bonchev–Trinajstić information content (AvgIpc) is 2.58. The van der Waals surface area contributed by atoms with Gasteiger partial charge in [-0.1, -0.05) is 44.2 Å². The van der Waals surface area contributed by atoms with Crippen molar-refractivity contribution in [3.63, 3.8) is 0 Å². The maximum atomic E-state index is 15.0. The SMILES string of the molecule is CCc1[c]c(CC)c(-c2ccccc2C)c(C(F)(C(F)(F)F)C(F)(F)F)c1. The lowest BCUT2D eigenvalue weighted by Gasteiger charge is -2.33. The molecule has 2 rings (SSSR count). The van der Waals surface area contributed by atoms with Crippen molar-refractivity contribution in [1.29, 1.82) is 0 Å². The summed E-state index contributed by atoms with van der Waals surface area (Å²) >= 11 is 0. The lowest BCUT2D eigenvalue weighted by atomic mass is 9.81. The number of halogens is 7. The summed E-state index contributed by atoms with van der Waals surface area (Å²) in [6.07, 6.45) is -12.1. The standard InChI is InChI=1S/C20H18F7/c1-4-13-10-14(5-2)17(15-9-7-6-8-12(15)3)16(11-13)18(21,19(22,23)24)20(25,26)27/h6-9,11H,4-5H2,1-3H3. The first-order valence-corrected chi connectivity index (χ1v) is 8.35. The summed E-state index contributed by atoms with van der Waals surface area (Å²) in [5, 5.41) is 0. The van der Waals surface area contributed by atoms with Gasteiger partial charge in [-0.2, -0.15) is 26.3 Å². The molecular formula is C20H18F7. The zero-order chi connectivity index (χ0) is 20.6. The van der Waals surface area contributed by atoms with Crippen LogP contribution in [0.5, 0.6) is 0 Å². The Morgan fingerprint density at radius 2 is 1.41 bits per heavy atom. The highest BCUT2D eigenvalue weighted by Crippen LogP contribution is 2.56. The monoisotopic (exact) mass is 391 g/mol. The van der Waals surface area contributed by atoms with Crippen molar-refractivity contribution >= 4 is 0 Å². The summed E-state index contributed by atoms with van der Waals surface area (Å²) in [6, 6.07) is 9.52. The summed E-state index contributed by atoms with van der Waals surface area (Å²) < 4.78 is 95.7. The van der Waals surface area contributed by atoms with Gasteiger partial charge in [-0.25, -0.2) is 4.39 Å². The predicted octanol–water partition coefficient (Wildman–Crippen LogP) is 6.88. The van der Waals surface area contributed by atoms with Crippen molar-refractivity contribution in [2.75, 3.05) is 0 Å². The highest BCUT2D eigenvalue weighted by Gasteiger charge is 2.74. The Labute approximate surface area is 153 Å². The quantitative estimate of drug-likeness (QED) is 0.499. The van der Waals surface area contributed by atoms with Gasteiger partial charge in [0, 0.05) is 5.56 Å². The Kier molecular flexibility index (Phi) is 5.64. The molecule has 1 radical (unpaired) electrons. The van der Waals surface area contributed by atoms with E-state index in [9.17, 15) is 30.7 Å². The van der Waals surface area contributed by atoms with Crippen molar-refractivity contribution in [2.24, 2.45) is 0 Å². The molecule has 0 aliphatic carbocycles. The zero-order valence-corrected chi connectivity index (χ0v) is 14.9. The van der Waals surface area contributed by atoms with E-state index in [4.69, 9.17) is 0 Å². The van der Waals surface area contributed by atoms with Crippen molar-refractivity contribution in [3.8, 4) is 11.1 Å². The Hall–Kier alpha value is -2.05. The number of benzene rings is 2. The van der Waals surface area contributed by atoms with Crippen LogP contribution in [-0.2, 0) is 18.5 Å². The van der Waals surface area contributed by atoms with Crippen molar-refractivity contribution in [2.45, 2.75) is 51.6 Å². The number of rotatable bonds is 4. The fourth-order valence-corrected chi connectivity index (χ4v) is 3.06. The molecule has 2 aromatic carbocycles. The van der Waals surface area contributed by atoms with E-state index < -0.39 is 29.1 Å². The molecule has 0 heterocycles.